The predicted octanol–water partition coefficient (Wildman–Crippen LogP) is 2.86. The number of nitrogens with zero attached hydrogens (tertiary/aromatic N) is 2. The van der Waals surface area contributed by atoms with E-state index in [9.17, 15) is 4.79 Å². The number of likely N-dealkylation sites (N-methyl/N-ethyl adjacent to an activating group) is 1. The first-order valence-electron chi connectivity index (χ1n) is 8.43. The van der Waals surface area contributed by atoms with Gasteiger partial charge in [-0.15, -0.1) is 0 Å². The fourth-order valence-electron chi connectivity index (χ4n) is 4.92. The second kappa shape index (κ2) is 5.68. The molecule has 5 heteroatoms. The molecule has 1 unspecified atom stereocenters. The number of hydrogen-bond donors (Lipinski definition) is 0. The van der Waals surface area contributed by atoms with Crippen LogP contribution in [0.3, 0.4) is 0 Å². The van der Waals surface area contributed by atoms with E-state index in [1.54, 1.807) is 7.11 Å². The molecule has 0 bridgehead atoms. The number of carbonyl (C=O) groups is 1. The Morgan fingerprint density at radius 1 is 1.42 bits per heavy atom. The van der Waals surface area contributed by atoms with E-state index in [4.69, 9.17) is 4.74 Å². The fraction of sp³-hybridized carbons (Fsp3) is 0.526. The summed E-state index contributed by atoms with van der Waals surface area (Å²) >= 11 is 3.34. The van der Waals surface area contributed by atoms with Crippen LogP contribution in [0.4, 0.5) is 0 Å². The minimum absolute atomic E-state index is 0.00564. The molecule has 24 heavy (non-hydrogen) atoms. The van der Waals surface area contributed by atoms with Crippen molar-refractivity contribution in [3.05, 3.63) is 35.5 Å². The summed E-state index contributed by atoms with van der Waals surface area (Å²) in [4.78, 5) is 14.7. The molecule has 2 heterocycles. The molecule has 0 amide bonds. The molecule has 0 radical (unpaired) electrons. The van der Waals surface area contributed by atoms with Crippen LogP contribution in [0.2, 0.25) is 0 Å². The van der Waals surface area contributed by atoms with E-state index >= 15 is 0 Å². The van der Waals surface area contributed by atoms with Crippen LogP contribution in [0, 0.1) is 5.92 Å². The van der Waals surface area contributed by atoms with Crippen LogP contribution in [-0.2, 0) is 28.6 Å². The molecule has 1 aliphatic carbocycles. The number of benzene rings is 1. The number of Topliss-reactive ketones (excluding diaryl/α,β-unsaturated/α-hetero) is 1. The van der Waals surface area contributed by atoms with Crippen molar-refractivity contribution in [3.63, 3.8) is 0 Å². The first-order chi connectivity index (χ1) is 11.5. The van der Waals surface area contributed by atoms with Gasteiger partial charge in [0.15, 0.2) is 0 Å². The molecule has 4 rings (SSSR count). The lowest BCUT2D eigenvalue weighted by Gasteiger charge is -2.52. The van der Waals surface area contributed by atoms with E-state index in [1.165, 1.54) is 22.0 Å². The lowest BCUT2D eigenvalue weighted by atomic mass is 9.68. The van der Waals surface area contributed by atoms with Crippen LogP contribution in [0.1, 0.15) is 17.5 Å². The van der Waals surface area contributed by atoms with E-state index in [2.05, 4.69) is 63.9 Å². The molecular weight excluding hydrogens is 368 g/mol. The first-order valence-corrected chi connectivity index (χ1v) is 9.55. The summed E-state index contributed by atoms with van der Waals surface area (Å²) < 4.78 is 8.42. The lowest BCUT2D eigenvalue weighted by Crippen LogP contribution is -2.60. The Hall–Kier alpha value is -1.17. The summed E-state index contributed by atoms with van der Waals surface area (Å²) in [7, 11) is 6.03. The lowest BCUT2D eigenvalue weighted by molar-refractivity contribution is -0.143. The van der Waals surface area contributed by atoms with Crippen molar-refractivity contribution in [2.75, 3.05) is 26.0 Å². The summed E-state index contributed by atoms with van der Waals surface area (Å²) in [6.45, 7) is 0.804. The van der Waals surface area contributed by atoms with E-state index in [1.807, 2.05) is 0 Å². The molecule has 4 nitrogen and oxygen atoms in total. The molecule has 0 saturated carbocycles. The number of fused-ring (bicyclic) bond motifs is 2. The second-order valence-electron chi connectivity index (χ2n) is 7.22. The van der Waals surface area contributed by atoms with Gasteiger partial charge in [-0.3, -0.25) is 9.69 Å². The summed E-state index contributed by atoms with van der Waals surface area (Å²) in [5.41, 5.74) is 3.46. The maximum atomic E-state index is 12.4. The van der Waals surface area contributed by atoms with Crippen LogP contribution in [-0.4, -0.2) is 47.3 Å². The number of aryl methyl sites for hydroxylation is 1. The Morgan fingerprint density at radius 3 is 2.92 bits per heavy atom. The first kappa shape index (κ1) is 16.3. The molecule has 1 fully saturated rings. The third-order valence-corrected chi connectivity index (χ3v) is 6.59. The molecular formula is C19H23BrN2O2. The van der Waals surface area contributed by atoms with Crippen molar-refractivity contribution in [2.24, 2.45) is 13.0 Å². The molecule has 0 spiro atoms. The van der Waals surface area contributed by atoms with Gasteiger partial charge in [0.1, 0.15) is 11.4 Å². The number of methoxy groups -OCH3 is 1. The van der Waals surface area contributed by atoms with Crippen LogP contribution in [0.5, 0.6) is 0 Å². The van der Waals surface area contributed by atoms with Crippen molar-refractivity contribution >= 4 is 32.6 Å². The van der Waals surface area contributed by atoms with Crippen molar-refractivity contribution in [2.45, 2.75) is 24.5 Å². The minimum atomic E-state index is -0.413. The normalized spacial score (nSPS) is 29.7. The summed E-state index contributed by atoms with van der Waals surface area (Å²) in [5, 5.41) is 1.73. The van der Waals surface area contributed by atoms with Gasteiger partial charge in [-0.25, -0.2) is 0 Å². The standard InChI is InChI=1S/C19H23BrN2O2/c1-21-10-12-7-17-19(24-3,14-5-4-6-15(21)18(12)14)8-13(11-22(17)2)16(23)9-20/h4-6,10,13,17H,7-9,11H2,1-3H3/t13?,17-,19+/m1/s1. The highest BCUT2D eigenvalue weighted by Gasteiger charge is 2.52. The maximum absolute atomic E-state index is 12.4. The van der Waals surface area contributed by atoms with Crippen LogP contribution >= 0.6 is 15.9 Å². The number of ether oxygens (including phenoxy) is 1. The zero-order valence-electron chi connectivity index (χ0n) is 14.4. The van der Waals surface area contributed by atoms with Crippen LogP contribution in [0.15, 0.2) is 24.4 Å². The van der Waals surface area contributed by atoms with Crippen LogP contribution < -0.4 is 0 Å². The number of aromatic nitrogens is 1. The number of piperidine rings is 1. The van der Waals surface area contributed by atoms with Gasteiger partial charge in [-0.2, -0.15) is 0 Å². The highest BCUT2D eigenvalue weighted by molar-refractivity contribution is 9.09. The third-order valence-electron chi connectivity index (χ3n) is 6.04. The van der Waals surface area contributed by atoms with Crippen molar-refractivity contribution in [3.8, 4) is 0 Å². The Balaban J connectivity index is 1.93. The van der Waals surface area contributed by atoms with Gasteiger partial charge < -0.3 is 9.30 Å². The number of halogens is 1. The predicted molar refractivity (Wildman–Crippen MR) is 98.6 cm³/mol. The largest absolute Gasteiger partial charge is 0.372 e. The van der Waals surface area contributed by atoms with Crippen molar-refractivity contribution in [1.29, 1.82) is 0 Å². The van der Waals surface area contributed by atoms with Gasteiger partial charge in [0.25, 0.3) is 0 Å². The monoisotopic (exact) mass is 390 g/mol. The molecule has 3 atom stereocenters. The number of likely N-dealkylation sites (tertiary alicyclic amines) is 1. The Morgan fingerprint density at radius 2 is 2.21 bits per heavy atom. The van der Waals surface area contributed by atoms with Crippen LogP contribution in [0.25, 0.3) is 10.9 Å². The zero-order chi connectivity index (χ0) is 17.1. The van der Waals surface area contributed by atoms with E-state index in [0.717, 1.165) is 19.4 Å². The molecule has 2 aliphatic rings. The summed E-state index contributed by atoms with van der Waals surface area (Å²) in [6, 6.07) is 6.73. The Kier molecular flexibility index (Phi) is 3.86. The molecule has 1 saturated heterocycles. The number of alkyl halides is 1. The van der Waals surface area contributed by atoms with E-state index in [0.29, 0.717) is 5.33 Å². The second-order valence-corrected chi connectivity index (χ2v) is 7.78. The van der Waals surface area contributed by atoms with E-state index in [-0.39, 0.29) is 17.7 Å². The van der Waals surface area contributed by atoms with Gasteiger partial charge in [-0.1, -0.05) is 28.1 Å². The number of rotatable bonds is 3. The Bertz CT molecular complexity index is 815. The average molecular weight is 391 g/mol. The molecule has 1 aliphatic heterocycles. The SMILES string of the molecule is CO[C@]12CC(C(=O)CBr)CN(C)[C@@H]1Cc1cn(C)c3cccc2c13. The van der Waals surface area contributed by atoms with Gasteiger partial charge in [0.2, 0.25) is 0 Å². The van der Waals surface area contributed by atoms with Gasteiger partial charge in [0, 0.05) is 49.8 Å². The molecule has 0 N–H and O–H groups in total. The van der Waals surface area contributed by atoms with E-state index < -0.39 is 5.60 Å². The van der Waals surface area contributed by atoms with Gasteiger partial charge >= 0.3 is 0 Å². The summed E-state index contributed by atoms with van der Waals surface area (Å²) in [5.74, 6) is 0.272. The summed E-state index contributed by atoms with van der Waals surface area (Å²) in [6.07, 6.45) is 3.97. The highest BCUT2D eigenvalue weighted by Crippen LogP contribution is 2.49. The Labute approximate surface area is 150 Å². The zero-order valence-corrected chi connectivity index (χ0v) is 16.0. The average Bonchev–Trinajstić information content (AvgIpc) is 2.92. The van der Waals surface area contributed by atoms with Gasteiger partial charge in [-0.05, 0) is 37.1 Å². The topological polar surface area (TPSA) is 34.5 Å². The molecule has 128 valence electrons. The smallest absolute Gasteiger partial charge is 0.147 e. The maximum Gasteiger partial charge on any atom is 0.147 e. The van der Waals surface area contributed by atoms with Crippen molar-refractivity contribution in [1.82, 2.24) is 9.47 Å². The van der Waals surface area contributed by atoms with Gasteiger partial charge in [0.05, 0.1) is 5.33 Å². The molecule has 1 aromatic heterocycles. The van der Waals surface area contributed by atoms with Crippen molar-refractivity contribution < 1.29 is 9.53 Å². The fourth-order valence-corrected chi connectivity index (χ4v) is 5.37. The number of ketones is 1. The number of carbonyl (C=O) groups excluding carboxylic acids is 1. The highest BCUT2D eigenvalue weighted by atomic mass is 79.9. The minimum Gasteiger partial charge on any atom is -0.372 e. The third kappa shape index (κ3) is 2.07. The molecule has 1 aromatic carbocycles. The number of hydrogen-bond acceptors (Lipinski definition) is 3. The quantitative estimate of drug-likeness (QED) is 0.755. The molecule has 2 aromatic rings.